The van der Waals surface area contributed by atoms with Gasteiger partial charge in [-0.25, -0.2) is 0 Å². The van der Waals surface area contributed by atoms with Crippen LogP contribution in [0.25, 0.3) is 0 Å². The van der Waals surface area contributed by atoms with Crippen LogP contribution in [0.15, 0.2) is 0 Å². The van der Waals surface area contributed by atoms with Crippen molar-refractivity contribution < 1.29 is 13.5 Å². The first-order valence-corrected chi connectivity index (χ1v) is 9.66. The topological polar surface area (TPSA) is 72.9 Å². The fourth-order valence-corrected chi connectivity index (χ4v) is 5.63. The van der Waals surface area contributed by atoms with E-state index in [1.807, 2.05) is 0 Å². The number of nitrogens with zero attached hydrogens (tertiary/aromatic N) is 2. The summed E-state index contributed by atoms with van der Waals surface area (Å²) in [7, 11) is -3.41. The Bertz CT molecular complexity index is 456. The molecule has 0 saturated carbocycles. The first-order chi connectivity index (χ1) is 10.1. The van der Waals surface area contributed by atoms with E-state index >= 15 is 0 Å². The molecule has 3 unspecified atom stereocenters. The van der Waals surface area contributed by atoms with Gasteiger partial charge in [0.1, 0.15) is 0 Å². The third kappa shape index (κ3) is 3.42. The molecule has 6 nitrogen and oxygen atoms in total. The zero-order valence-corrected chi connectivity index (χ0v) is 13.4. The maximum absolute atomic E-state index is 12.6. The minimum Gasteiger partial charge on any atom is -0.396 e. The van der Waals surface area contributed by atoms with Crippen molar-refractivity contribution in [1.82, 2.24) is 13.9 Å². The SMILES string of the molecule is O=S(=O)(NC1CCN2CCCCC12)N1CCCC(CO)C1. The van der Waals surface area contributed by atoms with Crippen LogP contribution in [0.4, 0.5) is 0 Å². The molecule has 3 aliphatic heterocycles. The Morgan fingerprint density at radius 1 is 1.05 bits per heavy atom. The van der Waals surface area contributed by atoms with E-state index in [4.69, 9.17) is 0 Å². The van der Waals surface area contributed by atoms with Gasteiger partial charge in [-0.2, -0.15) is 17.4 Å². The molecular weight excluding hydrogens is 290 g/mol. The molecule has 0 aromatic heterocycles. The van der Waals surface area contributed by atoms with E-state index in [0.717, 1.165) is 38.8 Å². The summed E-state index contributed by atoms with van der Waals surface area (Å²) >= 11 is 0. The quantitative estimate of drug-likeness (QED) is 0.774. The van der Waals surface area contributed by atoms with Crippen molar-refractivity contribution in [2.75, 3.05) is 32.8 Å². The summed E-state index contributed by atoms with van der Waals surface area (Å²) in [6, 6.07) is 0.441. The number of fused-ring (bicyclic) bond motifs is 1. The molecule has 3 saturated heterocycles. The fourth-order valence-electron chi connectivity index (χ4n) is 4.04. The Hall–Kier alpha value is -0.210. The molecule has 0 aromatic carbocycles. The minimum absolute atomic E-state index is 0.0600. The van der Waals surface area contributed by atoms with E-state index in [9.17, 15) is 13.5 Å². The van der Waals surface area contributed by atoms with Crippen LogP contribution in [0.3, 0.4) is 0 Å². The number of hydrogen-bond acceptors (Lipinski definition) is 4. The highest BCUT2D eigenvalue weighted by Crippen LogP contribution is 2.28. The van der Waals surface area contributed by atoms with E-state index in [1.165, 1.54) is 17.1 Å². The van der Waals surface area contributed by atoms with E-state index in [-0.39, 0.29) is 18.6 Å². The van der Waals surface area contributed by atoms with Gasteiger partial charge in [0.2, 0.25) is 0 Å². The van der Waals surface area contributed by atoms with Crippen LogP contribution in [0.5, 0.6) is 0 Å². The third-order valence-corrected chi connectivity index (χ3v) is 6.85. The Morgan fingerprint density at radius 3 is 2.71 bits per heavy atom. The largest absolute Gasteiger partial charge is 0.396 e. The first kappa shape index (κ1) is 15.7. The van der Waals surface area contributed by atoms with Crippen LogP contribution in [0.1, 0.15) is 38.5 Å². The minimum atomic E-state index is -3.41. The van der Waals surface area contributed by atoms with Gasteiger partial charge in [0.25, 0.3) is 10.2 Å². The number of aliphatic hydroxyl groups excluding tert-OH is 1. The lowest BCUT2D eigenvalue weighted by molar-refractivity contribution is 0.162. The average molecular weight is 317 g/mol. The van der Waals surface area contributed by atoms with Crippen molar-refractivity contribution in [3.63, 3.8) is 0 Å². The van der Waals surface area contributed by atoms with Crippen molar-refractivity contribution in [3.8, 4) is 0 Å². The number of nitrogens with one attached hydrogen (secondary N) is 1. The Labute approximate surface area is 127 Å². The molecule has 0 spiro atoms. The molecule has 2 N–H and O–H groups in total. The second kappa shape index (κ2) is 6.50. The summed E-state index contributed by atoms with van der Waals surface area (Å²) in [6.45, 7) is 3.22. The monoisotopic (exact) mass is 317 g/mol. The van der Waals surface area contributed by atoms with E-state index in [2.05, 4.69) is 9.62 Å². The van der Waals surface area contributed by atoms with Crippen LogP contribution in [0.2, 0.25) is 0 Å². The van der Waals surface area contributed by atoms with Gasteiger partial charge >= 0.3 is 0 Å². The summed E-state index contributed by atoms with van der Waals surface area (Å²) in [5, 5.41) is 9.26. The normalized spacial score (nSPS) is 35.8. The summed E-state index contributed by atoms with van der Waals surface area (Å²) in [6.07, 6.45) is 6.22. The van der Waals surface area contributed by atoms with Crippen LogP contribution >= 0.6 is 0 Å². The van der Waals surface area contributed by atoms with Gasteiger partial charge in [-0.05, 0) is 44.6 Å². The highest BCUT2D eigenvalue weighted by atomic mass is 32.2. The molecule has 7 heteroatoms. The molecule has 0 aliphatic carbocycles. The molecule has 0 aromatic rings. The van der Waals surface area contributed by atoms with Gasteiger partial charge in [-0.3, -0.25) is 4.90 Å². The van der Waals surface area contributed by atoms with E-state index in [1.54, 1.807) is 0 Å². The second-order valence-corrected chi connectivity index (χ2v) is 8.37. The summed E-state index contributed by atoms with van der Waals surface area (Å²) in [5.74, 6) is 0.0880. The number of aliphatic hydroxyl groups is 1. The lowest BCUT2D eigenvalue weighted by Gasteiger charge is -2.35. The van der Waals surface area contributed by atoms with Gasteiger partial charge in [0, 0.05) is 38.3 Å². The highest BCUT2D eigenvalue weighted by molar-refractivity contribution is 7.87. The maximum atomic E-state index is 12.6. The molecule has 3 atom stereocenters. The van der Waals surface area contributed by atoms with Gasteiger partial charge in [0.05, 0.1) is 0 Å². The number of rotatable bonds is 4. The summed E-state index contributed by atoms with van der Waals surface area (Å²) in [5.41, 5.74) is 0. The molecule has 0 bridgehead atoms. The van der Waals surface area contributed by atoms with Crippen molar-refractivity contribution in [1.29, 1.82) is 0 Å². The number of piperidine rings is 2. The van der Waals surface area contributed by atoms with Crippen LogP contribution < -0.4 is 4.72 Å². The lowest BCUT2D eigenvalue weighted by Crippen LogP contribution is -2.53. The van der Waals surface area contributed by atoms with Crippen molar-refractivity contribution in [3.05, 3.63) is 0 Å². The van der Waals surface area contributed by atoms with Gasteiger partial charge < -0.3 is 5.11 Å². The third-order valence-electron chi connectivity index (χ3n) is 5.24. The molecule has 3 rings (SSSR count). The average Bonchev–Trinajstić information content (AvgIpc) is 2.90. The van der Waals surface area contributed by atoms with Crippen LogP contribution in [0, 0.1) is 5.92 Å². The van der Waals surface area contributed by atoms with E-state index < -0.39 is 10.2 Å². The molecule has 3 aliphatic rings. The van der Waals surface area contributed by atoms with E-state index in [0.29, 0.717) is 19.1 Å². The standard InChI is InChI=1S/C14H27N3O3S/c18-11-12-4-3-8-17(10-12)21(19,20)15-13-6-9-16-7-2-1-5-14(13)16/h12-15,18H,1-11H2. The molecule has 21 heavy (non-hydrogen) atoms. The zero-order valence-electron chi connectivity index (χ0n) is 12.6. The highest BCUT2D eigenvalue weighted by Gasteiger charge is 2.39. The Balaban J connectivity index is 1.63. The molecule has 122 valence electrons. The van der Waals surface area contributed by atoms with Gasteiger partial charge in [-0.15, -0.1) is 0 Å². The summed E-state index contributed by atoms with van der Waals surface area (Å²) < 4.78 is 29.7. The van der Waals surface area contributed by atoms with Crippen molar-refractivity contribution in [2.45, 2.75) is 50.6 Å². The van der Waals surface area contributed by atoms with Crippen molar-refractivity contribution >= 4 is 10.2 Å². The second-order valence-electron chi connectivity index (χ2n) is 6.67. The van der Waals surface area contributed by atoms with Gasteiger partial charge in [-0.1, -0.05) is 6.42 Å². The molecule has 3 heterocycles. The van der Waals surface area contributed by atoms with Crippen LogP contribution in [-0.4, -0.2) is 67.6 Å². The molecule has 0 amide bonds. The fraction of sp³-hybridized carbons (Fsp3) is 1.00. The number of hydrogen-bond donors (Lipinski definition) is 2. The maximum Gasteiger partial charge on any atom is 0.279 e. The Kier molecular flexibility index (Phi) is 4.85. The smallest absolute Gasteiger partial charge is 0.279 e. The zero-order chi connectivity index (χ0) is 14.9. The Morgan fingerprint density at radius 2 is 1.90 bits per heavy atom. The summed E-state index contributed by atoms with van der Waals surface area (Å²) in [4.78, 5) is 2.43. The predicted molar refractivity (Wildman–Crippen MR) is 81.1 cm³/mol. The predicted octanol–water partition coefficient (Wildman–Crippen LogP) is 0.152. The van der Waals surface area contributed by atoms with Crippen LogP contribution in [-0.2, 0) is 10.2 Å². The first-order valence-electron chi connectivity index (χ1n) is 8.22. The van der Waals surface area contributed by atoms with Gasteiger partial charge in [0.15, 0.2) is 0 Å². The lowest BCUT2D eigenvalue weighted by atomic mass is 10.00. The molecular formula is C14H27N3O3S. The molecule has 3 fully saturated rings. The van der Waals surface area contributed by atoms with Crippen molar-refractivity contribution in [2.24, 2.45) is 5.92 Å². The molecule has 0 radical (unpaired) electrons.